The standard InChI is InChI=1S/C22H29NO/c1-16-13-14-18(15-17(16)2)23-22(24)21-19-11-9-7-5-3-4-6-8-10-12-20(19)21/h5-8,13-15,19-21H,3-4,9-12H2,1-2H3,(H,23,24)/b7-5-,8-6-/t19-,20-/m1/s1. The summed E-state index contributed by atoms with van der Waals surface area (Å²) in [5.74, 6) is 1.55. The highest BCUT2D eigenvalue weighted by molar-refractivity contribution is 5.95. The summed E-state index contributed by atoms with van der Waals surface area (Å²) in [5, 5.41) is 3.15. The van der Waals surface area contributed by atoms with Gasteiger partial charge in [-0.15, -0.1) is 0 Å². The molecule has 1 aromatic carbocycles. The van der Waals surface area contributed by atoms with E-state index in [-0.39, 0.29) is 11.8 Å². The molecule has 0 saturated heterocycles. The summed E-state index contributed by atoms with van der Waals surface area (Å²) < 4.78 is 0. The van der Waals surface area contributed by atoms with Crippen LogP contribution in [0, 0.1) is 31.6 Å². The molecule has 1 fully saturated rings. The van der Waals surface area contributed by atoms with Crippen molar-refractivity contribution >= 4 is 11.6 Å². The normalized spacial score (nSPS) is 29.5. The summed E-state index contributed by atoms with van der Waals surface area (Å²) in [6, 6.07) is 6.17. The minimum absolute atomic E-state index is 0.203. The third-order valence-corrected chi connectivity index (χ3v) is 5.58. The smallest absolute Gasteiger partial charge is 0.228 e. The van der Waals surface area contributed by atoms with Crippen LogP contribution in [0.15, 0.2) is 42.5 Å². The minimum atomic E-state index is 0.203. The van der Waals surface area contributed by atoms with E-state index in [1.807, 2.05) is 6.07 Å². The zero-order valence-corrected chi connectivity index (χ0v) is 14.9. The zero-order chi connectivity index (χ0) is 16.9. The minimum Gasteiger partial charge on any atom is -0.326 e. The summed E-state index contributed by atoms with van der Waals surface area (Å²) in [6.45, 7) is 4.19. The Balaban J connectivity index is 1.62. The summed E-state index contributed by atoms with van der Waals surface area (Å²) in [5.41, 5.74) is 3.43. The molecule has 24 heavy (non-hydrogen) atoms. The SMILES string of the molecule is Cc1ccc(NC(=O)C2[C@@H]3CC/C=C\CC/C=C\CC[C@@H]23)cc1C. The first kappa shape index (κ1) is 17.0. The van der Waals surface area contributed by atoms with Gasteiger partial charge in [-0.1, -0.05) is 30.4 Å². The predicted octanol–water partition coefficient (Wildman–Crippen LogP) is 5.57. The number of amides is 1. The van der Waals surface area contributed by atoms with Gasteiger partial charge in [-0.05, 0) is 87.5 Å². The van der Waals surface area contributed by atoms with Crippen molar-refractivity contribution in [3.63, 3.8) is 0 Å². The van der Waals surface area contributed by atoms with E-state index in [4.69, 9.17) is 0 Å². The number of hydrogen-bond acceptors (Lipinski definition) is 1. The number of hydrogen-bond donors (Lipinski definition) is 1. The van der Waals surface area contributed by atoms with Crippen LogP contribution in [-0.2, 0) is 4.79 Å². The molecule has 2 nitrogen and oxygen atoms in total. The van der Waals surface area contributed by atoms with E-state index in [0.717, 1.165) is 44.2 Å². The molecule has 128 valence electrons. The van der Waals surface area contributed by atoms with Crippen molar-refractivity contribution in [2.24, 2.45) is 17.8 Å². The lowest BCUT2D eigenvalue weighted by Gasteiger charge is -2.07. The van der Waals surface area contributed by atoms with Crippen molar-refractivity contribution in [2.45, 2.75) is 52.4 Å². The van der Waals surface area contributed by atoms with Gasteiger partial charge < -0.3 is 5.32 Å². The van der Waals surface area contributed by atoms with Gasteiger partial charge in [0.25, 0.3) is 0 Å². The predicted molar refractivity (Wildman–Crippen MR) is 101 cm³/mol. The van der Waals surface area contributed by atoms with Crippen molar-refractivity contribution < 1.29 is 4.79 Å². The lowest BCUT2D eigenvalue weighted by atomic mass is 10.1. The van der Waals surface area contributed by atoms with Crippen LogP contribution in [0.3, 0.4) is 0 Å². The van der Waals surface area contributed by atoms with Gasteiger partial charge in [0.1, 0.15) is 0 Å². The summed E-state index contributed by atoms with van der Waals surface area (Å²) in [6.07, 6.45) is 16.0. The molecule has 0 aromatic heterocycles. The lowest BCUT2D eigenvalue weighted by Crippen LogP contribution is -2.15. The van der Waals surface area contributed by atoms with Crippen LogP contribution in [-0.4, -0.2) is 5.91 Å². The number of carbonyl (C=O) groups excluding carboxylic acids is 1. The first-order valence-electron chi connectivity index (χ1n) is 9.35. The van der Waals surface area contributed by atoms with E-state index in [2.05, 4.69) is 55.6 Å². The number of aryl methyl sites for hydroxylation is 2. The van der Waals surface area contributed by atoms with E-state index >= 15 is 0 Å². The summed E-state index contributed by atoms with van der Waals surface area (Å²) in [4.78, 5) is 12.7. The Labute approximate surface area is 146 Å². The maximum atomic E-state index is 12.7. The first-order valence-corrected chi connectivity index (χ1v) is 9.35. The highest BCUT2D eigenvalue weighted by Gasteiger charge is 2.52. The monoisotopic (exact) mass is 323 g/mol. The molecule has 0 bridgehead atoms. The van der Waals surface area contributed by atoms with Gasteiger partial charge in [-0.2, -0.15) is 0 Å². The topological polar surface area (TPSA) is 29.1 Å². The molecule has 1 N–H and O–H groups in total. The van der Waals surface area contributed by atoms with Crippen LogP contribution in [0.5, 0.6) is 0 Å². The number of allylic oxidation sites excluding steroid dienone is 4. The average Bonchev–Trinajstić information content (AvgIpc) is 3.23. The number of rotatable bonds is 2. The Hall–Kier alpha value is -1.83. The summed E-state index contributed by atoms with van der Waals surface area (Å²) in [7, 11) is 0. The van der Waals surface area contributed by atoms with E-state index in [1.54, 1.807) is 0 Å². The Morgan fingerprint density at radius 2 is 1.46 bits per heavy atom. The molecule has 0 unspecified atom stereocenters. The molecule has 0 aliphatic heterocycles. The van der Waals surface area contributed by atoms with Gasteiger partial charge in [0, 0.05) is 11.6 Å². The molecule has 0 heterocycles. The molecule has 2 aliphatic rings. The molecule has 3 rings (SSSR count). The Morgan fingerprint density at radius 1 is 0.875 bits per heavy atom. The number of benzene rings is 1. The highest BCUT2D eigenvalue weighted by Crippen LogP contribution is 2.52. The van der Waals surface area contributed by atoms with Crippen LogP contribution in [0.4, 0.5) is 5.69 Å². The average molecular weight is 323 g/mol. The van der Waals surface area contributed by atoms with Crippen molar-refractivity contribution in [3.8, 4) is 0 Å². The highest BCUT2D eigenvalue weighted by atomic mass is 16.2. The van der Waals surface area contributed by atoms with E-state index in [1.165, 1.54) is 11.1 Å². The molecule has 1 saturated carbocycles. The van der Waals surface area contributed by atoms with E-state index in [9.17, 15) is 4.79 Å². The fourth-order valence-corrected chi connectivity index (χ4v) is 3.91. The first-order chi connectivity index (χ1) is 11.7. The third kappa shape index (κ3) is 4.17. The Morgan fingerprint density at radius 3 is 2.04 bits per heavy atom. The van der Waals surface area contributed by atoms with Crippen LogP contribution < -0.4 is 5.32 Å². The number of carbonyl (C=O) groups is 1. The summed E-state index contributed by atoms with van der Waals surface area (Å²) >= 11 is 0. The second-order valence-corrected chi connectivity index (χ2v) is 7.32. The Kier molecular flexibility index (Phi) is 5.55. The van der Waals surface area contributed by atoms with Crippen LogP contribution in [0.1, 0.15) is 49.7 Å². The number of anilines is 1. The van der Waals surface area contributed by atoms with Crippen LogP contribution in [0.2, 0.25) is 0 Å². The molecule has 2 heteroatoms. The zero-order valence-electron chi connectivity index (χ0n) is 14.9. The molecule has 0 spiro atoms. The van der Waals surface area contributed by atoms with Gasteiger partial charge >= 0.3 is 0 Å². The molecule has 0 radical (unpaired) electrons. The van der Waals surface area contributed by atoms with Gasteiger partial charge in [-0.25, -0.2) is 0 Å². The molecule has 2 atom stereocenters. The maximum Gasteiger partial charge on any atom is 0.228 e. The maximum absolute atomic E-state index is 12.7. The molecular formula is C22H29NO. The fraction of sp³-hybridized carbons (Fsp3) is 0.500. The van der Waals surface area contributed by atoms with E-state index in [0.29, 0.717) is 11.8 Å². The van der Waals surface area contributed by atoms with Crippen molar-refractivity contribution in [1.82, 2.24) is 0 Å². The van der Waals surface area contributed by atoms with Crippen molar-refractivity contribution in [2.75, 3.05) is 5.32 Å². The van der Waals surface area contributed by atoms with Crippen LogP contribution >= 0.6 is 0 Å². The number of nitrogens with one attached hydrogen (secondary N) is 1. The molecular weight excluding hydrogens is 294 g/mol. The second-order valence-electron chi connectivity index (χ2n) is 7.32. The fourth-order valence-electron chi connectivity index (χ4n) is 3.91. The van der Waals surface area contributed by atoms with Crippen molar-refractivity contribution in [1.29, 1.82) is 0 Å². The molecule has 1 aromatic rings. The molecule has 2 aliphatic carbocycles. The lowest BCUT2D eigenvalue weighted by molar-refractivity contribution is -0.117. The van der Waals surface area contributed by atoms with Crippen LogP contribution in [0.25, 0.3) is 0 Å². The number of fused-ring (bicyclic) bond motifs is 1. The van der Waals surface area contributed by atoms with Gasteiger partial charge in [-0.3, -0.25) is 4.79 Å². The van der Waals surface area contributed by atoms with Gasteiger partial charge in [0.15, 0.2) is 0 Å². The van der Waals surface area contributed by atoms with E-state index < -0.39 is 0 Å². The van der Waals surface area contributed by atoms with Gasteiger partial charge in [0.2, 0.25) is 5.91 Å². The third-order valence-electron chi connectivity index (χ3n) is 5.58. The Bertz CT molecular complexity index is 619. The molecule has 1 amide bonds. The quantitative estimate of drug-likeness (QED) is 0.708. The second kappa shape index (κ2) is 7.83. The van der Waals surface area contributed by atoms with Crippen molar-refractivity contribution in [3.05, 3.63) is 53.6 Å². The van der Waals surface area contributed by atoms with Gasteiger partial charge in [0.05, 0.1) is 0 Å². The largest absolute Gasteiger partial charge is 0.326 e.